The highest BCUT2D eigenvalue weighted by Crippen LogP contribution is 2.36. The predicted molar refractivity (Wildman–Crippen MR) is 107 cm³/mol. The SMILES string of the molecule is Clc1ccc2c(c1)CNCc1nnc(C3CCC(Oc4ccccn4)CC3)n1-2. The second-order valence-corrected chi connectivity index (χ2v) is 7.88. The summed E-state index contributed by atoms with van der Waals surface area (Å²) in [5.74, 6) is 3.10. The molecule has 1 N–H and O–H groups in total. The maximum Gasteiger partial charge on any atom is 0.213 e. The molecule has 0 amide bonds. The van der Waals surface area contributed by atoms with E-state index in [0.717, 1.165) is 54.6 Å². The van der Waals surface area contributed by atoms with Gasteiger partial charge in [0, 0.05) is 29.7 Å². The zero-order valence-electron chi connectivity index (χ0n) is 15.5. The van der Waals surface area contributed by atoms with Gasteiger partial charge in [-0.05, 0) is 55.5 Å². The highest BCUT2D eigenvalue weighted by Gasteiger charge is 2.30. The van der Waals surface area contributed by atoms with Crippen molar-refractivity contribution in [3.63, 3.8) is 0 Å². The largest absolute Gasteiger partial charge is 0.474 e. The zero-order chi connectivity index (χ0) is 18.9. The number of ether oxygens (including phenoxy) is 1. The van der Waals surface area contributed by atoms with Crippen LogP contribution in [0.15, 0.2) is 42.6 Å². The zero-order valence-corrected chi connectivity index (χ0v) is 16.3. The van der Waals surface area contributed by atoms with E-state index in [-0.39, 0.29) is 6.10 Å². The van der Waals surface area contributed by atoms with Gasteiger partial charge in [0.25, 0.3) is 0 Å². The van der Waals surface area contributed by atoms with Crippen molar-refractivity contribution < 1.29 is 4.74 Å². The van der Waals surface area contributed by atoms with Gasteiger partial charge < -0.3 is 10.1 Å². The Morgan fingerprint density at radius 3 is 2.75 bits per heavy atom. The van der Waals surface area contributed by atoms with E-state index in [9.17, 15) is 0 Å². The molecule has 5 rings (SSSR count). The lowest BCUT2D eigenvalue weighted by atomic mass is 9.86. The minimum absolute atomic E-state index is 0.213. The number of rotatable bonds is 3. The van der Waals surface area contributed by atoms with Crippen LogP contribution < -0.4 is 10.1 Å². The van der Waals surface area contributed by atoms with Gasteiger partial charge in [0.1, 0.15) is 11.9 Å². The predicted octanol–water partition coefficient (Wildman–Crippen LogP) is 4.02. The first-order valence-electron chi connectivity index (χ1n) is 9.79. The van der Waals surface area contributed by atoms with Crippen LogP contribution in [0.25, 0.3) is 5.69 Å². The third kappa shape index (κ3) is 3.38. The number of nitrogens with zero attached hydrogens (tertiary/aromatic N) is 4. The molecule has 1 aromatic carbocycles. The van der Waals surface area contributed by atoms with Crippen LogP contribution in [0.1, 0.15) is 48.8 Å². The number of benzene rings is 1. The van der Waals surface area contributed by atoms with Crippen LogP contribution in [-0.2, 0) is 13.1 Å². The van der Waals surface area contributed by atoms with Crippen LogP contribution in [0, 0.1) is 0 Å². The van der Waals surface area contributed by atoms with Crippen molar-refractivity contribution in [2.45, 2.75) is 50.8 Å². The minimum Gasteiger partial charge on any atom is -0.474 e. The third-order valence-corrected chi connectivity index (χ3v) is 5.84. The molecule has 0 atom stereocenters. The average molecular weight is 396 g/mol. The summed E-state index contributed by atoms with van der Waals surface area (Å²) < 4.78 is 8.28. The van der Waals surface area contributed by atoms with Crippen molar-refractivity contribution in [1.29, 1.82) is 0 Å². The molecule has 1 fully saturated rings. The molecule has 3 aromatic rings. The average Bonchev–Trinajstić information content (AvgIpc) is 3.05. The monoisotopic (exact) mass is 395 g/mol. The summed E-state index contributed by atoms with van der Waals surface area (Å²) in [7, 11) is 0. The highest BCUT2D eigenvalue weighted by atomic mass is 35.5. The van der Waals surface area contributed by atoms with E-state index in [2.05, 4.69) is 31.1 Å². The first kappa shape index (κ1) is 17.6. The Balaban J connectivity index is 1.37. The number of pyridine rings is 1. The molecule has 0 unspecified atom stereocenters. The van der Waals surface area contributed by atoms with Crippen molar-refractivity contribution in [2.75, 3.05) is 0 Å². The molecule has 0 spiro atoms. The van der Waals surface area contributed by atoms with Crippen molar-refractivity contribution >= 4 is 11.6 Å². The standard InChI is InChI=1S/C21H22ClN5O/c22-16-6-9-18-15(11-16)12-23-13-19-25-26-21(27(18)19)14-4-7-17(8-5-14)28-20-3-1-2-10-24-20/h1-3,6,9-11,14,17,23H,4-5,7-8,12-13H2. The molecule has 6 nitrogen and oxygen atoms in total. The summed E-state index contributed by atoms with van der Waals surface area (Å²) in [6.45, 7) is 1.49. The van der Waals surface area contributed by atoms with E-state index in [4.69, 9.17) is 16.3 Å². The second kappa shape index (κ2) is 7.53. The smallest absolute Gasteiger partial charge is 0.213 e. The topological polar surface area (TPSA) is 64.9 Å². The van der Waals surface area contributed by atoms with Gasteiger partial charge in [-0.2, -0.15) is 0 Å². The molecule has 0 saturated heterocycles. The van der Waals surface area contributed by atoms with Gasteiger partial charge in [0.2, 0.25) is 5.88 Å². The Morgan fingerprint density at radius 1 is 1.04 bits per heavy atom. The molecule has 1 aliphatic heterocycles. The van der Waals surface area contributed by atoms with Gasteiger partial charge in [-0.15, -0.1) is 10.2 Å². The van der Waals surface area contributed by atoms with Crippen molar-refractivity contribution in [2.24, 2.45) is 0 Å². The van der Waals surface area contributed by atoms with Crippen LogP contribution in [-0.4, -0.2) is 25.9 Å². The maximum absolute atomic E-state index is 6.21. The number of halogens is 1. The van der Waals surface area contributed by atoms with Gasteiger partial charge in [-0.1, -0.05) is 17.7 Å². The summed E-state index contributed by atoms with van der Waals surface area (Å²) in [6.07, 6.45) is 6.04. The minimum atomic E-state index is 0.213. The molecular formula is C21H22ClN5O. The van der Waals surface area contributed by atoms with E-state index in [0.29, 0.717) is 18.3 Å². The molecule has 28 heavy (non-hydrogen) atoms. The van der Waals surface area contributed by atoms with Crippen molar-refractivity contribution in [3.8, 4) is 11.6 Å². The fourth-order valence-corrected chi connectivity index (χ4v) is 4.42. The number of nitrogens with one attached hydrogen (secondary N) is 1. The summed E-state index contributed by atoms with van der Waals surface area (Å²) in [6, 6.07) is 11.8. The lowest BCUT2D eigenvalue weighted by Crippen LogP contribution is -2.25. The van der Waals surface area contributed by atoms with Crippen LogP contribution in [0.3, 0.4) is 0 Å². The van der Waals surface area contributed by atoms with Crippen LogP contribution in [0.4, 0.5) is 0 Å². The summed E-state index contributed by atoms with van der Waals surface area (Å²) in [5, 5.41) is 13.2. The van der Waals surface area contributed by atoms with Gasteiger partial charge >= 0.3 is 0 Å². The van der Waals surface area contributed by atoms with E-state index in [1.165, 1.54) is 5.56 Å². The van der Waals surface area contributed by atoms with Crippen molar-refractivity contribution in [1.82, 2.24) is 25.1 Å². The Kier molecular flexibility index (Phi) is 4.74. The second-order valence-electron chi connectivity index (χ2n) is 7.45. The number of hydrogen-bond acceptors (Lipinski definition) is 5. The van der Waals surface area contributed by atoms with Crippen LogP contribution in [0.2, 0.25) is 5.02 Å². The van der Waals surface area contributed by atoms with Crippen LogP contribution in [0.5, 0.6) is 5.88 Å². The van der Waals surface area contributed by atoms with Gasteiger partial charge in [-0.25, -0.2) is 4.98 Å². The normalized spacial score (nSPS) is 21.5. The Labute approximate surface area is 168 Å². The fourth-order valence-electron chi connectivity index (χ4n) is 4.22. The summed E-state index contributed by atoms with van der Waals surface area (Å²) >= 11 is 6.21. The molecule has 3 heterocycles. The molecule has 7 heteroatoms. The first-order chi connectivity index (χ1) is 13.8. The van der Waals surface area contributed by atoms with E-state index >= 15 is 0 Å². The van der Waals surface area contributed by atoms with E-state index in [1.807, 2.05) is 30.3 Å². The first-order valence-corrected chi connectivity index (χ1v) is 10.2. The Morgan fingerprint density at radius 2 is 1.93 bits per heavy atom. The molecular weight excluding hydrogens is 374 g/mol. The molecule has 1 aliphatic carbocycles. The fraction of sp³-hybridized carbons (Fsp3) is 0.381. The molecule has 2 aliphatic rings. The third-order valence-electron chi connectivity index (χ3n) is 5.60. The van der Waals surface area contributed by atoms with Crippen LogP contribution >= 0.6 is 11.6 Å². The lowest BCUT2D eigenvalue weighted by Gasteiger charge is -2.28. The maximum atomic E-state index is 6.21. The number of hydrogen-bond donors (Lipinski definition) is 1. The highest BCUT2D eigenvalue weighted by molar-refractivity contribution is 6.30. The molecule has 2 aromatic heterocycles. The quantitative estimate of drug-likeness (QED) is 0.725. The van der Waals surface area contributed by atoms with E-state index in [1.54, 1.807) is 6.20 Å². The summed E-state index contributed by atoms with van der Waals surface area (Å²) in [4.78, 5) is 4.28. The summed E-state index contributed by atoms with van der Waals surface area (Å²) in [5.41, 5.74) is 2.32. The van der Waals surface area contributed by atoms with Gasteiger partial charge in [-0.3, -0.25) is 4.57 Å². The van der Waals surface area contributed by atoms with Gasteiger partial charge in [0.05, 0.1) is 12.2 Å². The Bertz CT molecular complexity index is 966. The molecule has 0 bridgehead atoms. The lowest BCUT2D eigenvalue weighted by molar-refractivity contribution is 0.139. The van der Waals surface area contributed by atoms with E-state index < -0.39 is 0 Å². The Hall–Kier alpha value is -2.44. The molecule has 0 radical (unpaired) electrons. The number of fused-ring (bicyclic) bond motifs is 3. The van der Waals surface area contributed by atoms with Crippen molar-refractivity contribution in [3.05, 3.63) is 64.8 Å². The van der Waals surface area contributed by atoms with Gasteiger partial charge in [0.15, 0.2) is 5.82 Å². The molecule has 144 valence electrons. The molecule has 1 saturated carbocycles. The number of aromatic nitrogens is 4.